The minimum Gasteiger partial charge on any atom is -0.489 e. The summed E-state index contributed by atoms with van der Waals surface area (Å²) in [7, 11) is 0. The summed E-state index contributed by atoms with van der Waals surface area (Å²) in [5.74, 6) is 0.558. The highest BCUT2D eigenvalue weighted by molar-refractivity contribution is 6.31. The first-order chi connectivity index (χ1) is 12.1. The third-order valence-corrected chi connectivity index (χ3v) is 4.34. The third-order valence-electron chi connectivity index (χ3n) is 3.94. The van der Waals surface area contributed by atoms with E-state index in [-0.39, 0.29) is 5.82 Å². The van der Waals surface area contributed by atoms with Gasteiger partial charge in [-0.3, -0.25) is 0 Å². The van der Waals surface area contributed by atoms with Crippen LogP contribution in [0, 0.1) is 12.7 Å². The molecule has 0 radical (unpaired) electrons. The van der Waals surface area contributed by atoms with E-state index in [2.05, 4.69) is 5.32 Å². The zero-order valence-corrected chi connectivity index (χ0v) is 14.7. The zero-order valence-electron chi connectivity index (χ0n) is 13.9. The second-order valence-electron chi connectivity index (χ2n) is 5.84. The summed E-state index contributed by atoms with van der Waals surface area (Å²) >= 11 is 6.16. The number of ether oxygens (including phenoxy) is 1. The van der Waals surface area contributed by atoms with E-state index in [1.807, 2.05) is 49.4 Å². The first kappa shape index (κ1) is 17.3. The van der Waals surface area contributed by atoms with Crippen LogP contribution in [0.15, 0.2) is 66.7 Å². The summed E-state index contributed by atoms with van der Waals surface area (Å²) in [5, 5.41) is 4.10. The molecule has 3 aromatic rings. The van der Waals surface area contributed by atoms with Gasteiger partial charge in [-0.1, -0.05) is 48.0 Å². The van der Waals surface area contributed by atoms with E-state index in [9.17, 15) is 4.39 Å². The fraction of sp³-hybridized carbons (Fsp3) is 0.143. The normalized spacial score (nSPS) is 10.5. The molecule has 25 heavy (non-hydrogen) atoms. The number of nitrogens with one attached hydrogen (secondary N) is 1. The van der Waals surface area contributed by atoms with Crippen LogP contribution in [0.2, 0.25) is 5.02 Å². The van der Waals surface area contributed by atoms with E-state index in [1.165, 1.54) is 12.1 Å². The highest BCUT2D eigenvalue weighted by Gasteiger charge is 2.05. The monoisotopic (exact) mass is 355 g/mol. The molecule has 0 aromatic heterocycles. The van der Waals surface area contributed by atoms with Gasteiger partial charge in [0.1, 0.15) is 18.2 Å². The molecule has 0 heterocycles. The van der Waals surface area contributed by atoms with Crippen molar-refractivity contribution in [1.82, 2.24) is 0 Å². The lowest BCUT2D eigenvalue weighted by Gasteiger charge is -2.13. The van der Waals surface area contributed by atoms with Crippen LogP contribution in [0.1, 0.15) is 16.7 Å². The molecule has 0 spiro atoms. The van der Waals surface area contributed by atoms with Crippen molar-refractivity contribution >= 4 is 17.3 Å². The molecule has 3 rings (SSSR count). The predicted octanol–water partition coefficient (Wildman–Crippen LogP) is 5.98. The maximum atomic E-state index is 13.0. The maximum absolute atomic E-state index is 13.0. The van der Waals surface area contributed by atoms with Crippen LogP contribution in [0.4, 0.5) is 10.1 Å². The van der Waals surface area contributed by atoms with Crippen LogP contribution >= 0.6 is 11.6 Å². The standard InChI is InChI=1S/C21H19ClFNO/c1-15-6-11-19(12-20(15)22)24-13-17-4-2-3-5-21(17)25-14-16-7-9-18(23)10-8-16/h2-12,24H,13-14H2,1H3. The minimum absolute atomic E-state index is 0.245. The zero-order chi connectivity index (χ0) is 17.6. The van der Waals surface area contributed by atoms with Gasteiger partial charge in [0.15, 0.2) is 0 Å². The fourth-order valence-electron chi connectivity index (χ4n) is 2.43. The van der Waals surface area contributed by atoms with Gasteiger partial charge in [-0.15, -0.1) is 0 Å². The summed E-state index contributed by atoms with van der Waals surface area (Å²) in [5.41, 5.74) is 3.98. The number of hydrogen-bond donors (Lipinski definition) is 1. The molecule has 0 aliphatic rings. The van der Waals surface area contributed by atoms with E-state index in [4.69, 9.17) is 16.3 Å². The van der Waals surface area contributed by atoms with Gasteiger partial charge in [0.25, 0.3) is 0 Å². The summed E-state index contributed by atoms with van der Waals surface area (Å²) < 4.78 is 18.9. The number of anilines is 1. The molecule has 0 unspecified atom stereocenters. The van der Waals surface area contributed by atoms with Gasteiger partial charge in [0.05, 0.1) is 0 Å². The first-order valence-corrected chi connectivity index (χ1v) is 8.45. The first-order valence-electron chi connectivity index (χ1n) is 8.07. The Labute approximate surface area is 152 Å². The Hall–Kier alpha value is -2.52. The second kappa shape index (κ2) is 8.04. The Balaban J connectivity index is 1.65. The van der Waals surface area contributed by atoms with Crippen molar-refractivity contribution in [2.24, 2.45) is 0 Å². The predicted molar refractivity (Wildman–Crippen MR) is 101 cm³/mol. The Kier molecular flexibility index (Phi) is 5.56. The number of benzene rings is 3. The van der Waals surface area contributed by atoms with Crippen molar-refractivity contribution in [3.63, 3.8) is 0 Å². The average Bonchev–Trinajstić information content (AvgIpc) is 2.63. The molecule has 128 valence electrons. The quantitative estimate of drug-likeness (QED) is 0.587. The summed E-state index contributed by atoms with van der Waals surface area (Å²) in [6.07, 6.45) is 0. The number of aryl methyl sites for hydroxylation is 1. The van der Waals surface area contributed by atoms with Crippen LogP contribution in [0.25, 0.3) is 0 Å². The Bertz CT molecular complexity index is 849. The molecular formula is C21H19ClFNO. The summed E-state index contributed by atoms with van der Waals surface area (Å²) in [6.45, 7) is 3.00. The van der Waals surface area contributed by atoms with Gasteiger partial charge >= 0.3 is 0 Å². The molecule has 0 aliphatic heterocycles. The number of hydrogen-bond acceptors (Lipinski definition) is 2. The van der Waals surface area contributed by atoms with Crippen molar-refractivity contribution < 1.29 is 9.13 Å². The Morgan fingerprint density at radius 3 is 2.52 bits per heavy atom. The van der Waals surface area contributed by atoms with Crippen LogP contribution in [-0.2, 0) is 13.2 Å². The molecule has 0 aliphatic carbocycles. The highest BCUT2D eigenvalue weighted by atomic mass is 35.5. The molecule has 1 N–H and O–H groups in total. The van der Waals surface area contributed by atoms with E-state index in [0.717, 1.165) is 33.1 Å². The lowest BCUT2D eigenvalue weighted by Crippen LogP contribution is -2.03. The number of para-hydroxylation sites is 1. The molecule has 4 heteroatoms. The van der Waals surface area contributed by atoms with Crippen molar-refractivity contribution in [3.8, 4) is 5.75 Å². The molecular weight excluding hydrogens is 337 g/mol. The van der Waals surface area contributed by atoms with E-state index in [0.29, 0.717) is 13.2 Å². The maximum Gasteiger partial charge on any atom is 0.124 e. The Morgan fingerprint density at radius 1 is 1.00 bits per heavy atom. The van der Waals surface area contributed by atoms with Gasteiger partial charge in [-0.05, 0) is 48.4 Å². The molecule has 0 saturated carbocycles. The molecule has 0 atom stereocenters. The molecule has 0 amide bonds. The van der Waals surface area contributed by atoms with Crippen LogP contribution in [0.5, 0.6) is 5.75 Å². The van der Waals surface area contributed by atoms with Crippen LogP contribution < -0.4 is 10.1 Å². The van der Waals surface area contributed by atoms with Gasteiger partial charge < -0.3 is 10.1 Å². The average molecular weight is 356 g/mol. The third kappa shape index (κ3) is 4.74. The van der Waals surface area contributed by atoms with Gasteiger partial charge in [0.2, 0.25) is 0 Å². The highest BCUT2D eigenvalue weighted by Crippen LogP contribution is 2.23. The SMILES string of the molecule is Cc1ccc(NCc2ccccc2OCc2ccc(F)cc2)cc1Cl. The molecule has 3 aromatic carbocycles. The smallest absolute Gasteiger partial charge is 0.124 e. The van der Waals surface area contributed by atoms with Crippen LogP contribution in [0.3, 0.4) is 0 Å². The minimum atomic E-state index is -0.245. The van der Waals surface area contributed by atoms with Crippen LogP contribution in [-0.4, -0.2) is 0 Å². The molecule has 2 nitrogen and oxygen atoms in total. The second-order valence-corrected chi connectivity index (χ2v) is 6.25. The molecule has 0 fully saturated rings. The van der Waals surface area contributed by atoms with E-state index in [1.54, 1.807) is 12.1 Å². The summed E-state index contributed by atoms with van der Waals surface area (Å²) in [4.78, 5) is 0. The molecule has 0 bridgehead atoms. The topological polar surface area (TPSA) is 21.3 Å². The molecule has 0 saturated heterocycles. The van der Waals surface area contributed by atoms with Gasteiger partial charge in [-0.2, -0.15) is 0 Å². The largest absolute Gasteiger partial charge is 0.489 e. The van der Waals surface area contributed by atoms with Crippen molar-refractivity contribution in [2.45, 2.75) is 20.1 Å². The van der Waals surface area contributed by atoms with Gasteiger partial charge in [-0.25, -0.2) is 4.39 Å². The lowest BCUT2D eigenvalue weighted by atomic mass is 10.1. The van der Waals surface area contributed by atoms with E-state index < -0.39 is 0 Å². The number of rotatable bonds is 6. The Morgan fingerprint density at radius 2 is 1.76 bits per heavy atom. The fourth-order valence-corrected chi connectivity index (χ4v) is 2.61. The van der Waals surface area contributed by atoms with Crippen molar-refractivity contribution in [2.75, 3.05) is 5.32 Å². The van der Waals surface area contributed by atoms with Crippen molar-refractivity contribution in [1.29, 1.82) is 0 Å². The van der Waals surface area contributed by atoms with Crippen molar-refractivity contribution in [3.05, 3.63) is 94.3 Å². The van der Waals surface area contributed by atoms with E-state index >= 15 is 0 Å². The number of halogens is 2. The summed E-state index contributed by atoms with van der Waals surface area (Å²) in [6, 6.07) is 20.1. The lowest BCUT2D eigenvalue weighted by molar-refractivity contribution is 0.303. The van der Waals surface area contributed by atoms with Gasteiger partial charge in [0, 0.05) is 22.8 Å².